The second kappa shape index (κ2) is 9.42. The number of nitrogens with one attached hydrogen (secondary N) is 1. The van der Waals surface area contributed by atoms with Gasteiger partial charge in [-0.3, -0.25) is 0 Å². The van der Waals surface area contributed by atoms with Crippen molar-refractivity contribution < 1.29 is 0 Å². The summed E-state index contributed by atoms with van der Waals surface area (Å²) < 4.78 is 0. The monoisotopic (exact) mass is 401 g/mol. The molecule has 0 spiro atoms. The lowest BCUT2D eigenvalue weighted by Gasteiger charge is -2.16. The number of hydrogen-bond donors (Lipinski definition) is 1. The third-order valence-corrected chi connectivity index (χ3v) is 5.66. The molecule has 0 radical (unpaired) electrons. The van der Waals surface area contributed by atoms with Crippen molar-refractivity contribution in [3.63, 3.8) is 0 Å². The predicted octanol–water partition coefficient (Wildman–Crippen LogP) is 7.26. The van der Waals surface area contributed by atoms with Gasteiger partial charge in [0.15, 0.2) is 0 Å². The maximum Gasteiger partial charge on any atom is 0.223 e. The van der Waals surface area contributed by atoms with Crippen LogP contribution in [0.15, 0.2) is 30.3 Å². The van der Waals surface area contributed by atoms with Crippen LogP contribution >= 0.6 is 0 Å². The van der Waals surface area contributed by atoms with E-state index in [1.54, 1.807) is 0 Å². The minimum absolute atomic E-state index is 0.720. The molecule has 0 saturated heterocycles. The van der Waals surface area contributed by atoms with E-state index in [2.05, 4.69) is 84.1 Å². The van der Waals surface area contributed by atoms with Crippen LogP contribution in [0.3, 0.4) is 0 Å². The highest BCUT2D eigenvalue weighted by molar-refractivity contribution is 5.76. The van der Waals surface area contributed by atoms with Crippen molar-refractivity contribution >= 4 is 5.95 Å². The lowest BCUT2D eigenvalue weighted by Crippen LogP contribution is -2.08. The highest BCUT2D eigenvalue weighted by atomic mass is 15.1. The minimum Gasteiger partial charge on any atom is -0.354 e. The topological polar surface area (TPSA) is 37.8 Å². The van der Waals surface area contributed by atoms with Crippen LogP contribution in [-0.2, 0) is 0 Å². The molecule has 2 aromatic carbocycles. The van der Waals surface area contributed by atoms with E-state index in [1.165, 1.54) is 57.3 Å². The van der Waals surface area contributed by atoms with Crippen LogP contribution in [0.1, 0.15) is 59.6 Å². The Labute approximate surface area is 182 Å². The third kappa shape index (κ3) is 4.89. The van der Waals surface area contributed by atoms with Crippen LogP contribution in [0.5, 0.6) is 0 Å². The minimum atomic E-state index is 0.720. The molecule has 158 valence electrons. The Bertz CT molecular complexity index is 928. The number of benzene rings is 2. The smallest absolute Gasteiger partial charge is 0.223 e. The lowest BCUT2D eigenvalue weighted by molar-refractivity contribution is 0.740. The zero-order valence-corrected chi connectivity index (χ0v) is 19.6. The maximum atomic E-state index is 4.93. The van der Waals surface area contributed by atoms with Crippen molar-refractivity contribution in [3.05, 3.63) is 63.7 Å². The van der Waals surface area contributed by atoms with Gasteiger partial charge >= 0.3 is 0 Å². The van der Waals surface area contributed by atoms with E-state index in [-0.39, 0.29) is 0 Å². The van der Waals surface area contributed by atoms with Gasteiger partial charge in [-0.05, 0) is 76.3 Å². The third-order valence-electron chi connectivity index (χ3n) is 5.66. The molecule has 3 rings (SSSR count). The first kappa shape index (κ1) is 22.0. The van der Waals surface area contributed by atoms with E-state index in [4.69, 9.17) is 9.97 Å². The average Bonchev–Trinajstić information content (AvgIpc) is 2.63. The summed E-state index contributed by atoms with van der Waals surface area (Å²) in [6, 6.07) is 11.1. The van der Waals surface area contributed by atoms with Gasteiger partial charge in [0.25, 0.3) is 0 Å². The molecule has 0 aliphatic rings. The Balaban J connectivity index is 2.15. The van der Waals surface area contributed by atoms with Crippen LogP contribution in [0, 0.1) is 41.5 Å². The lowest BCUT2D eigenvalue weighted by atomic mass is 9.94. The molecular formula is C27H35N3. The number of hydrogen-bond acceptors (Lipinski definition) is 3. The predicted molar refractivity (Wildman–Crippen MR) is 129 cm³/mol. The zero-order valence-electron chi connectivity index (χ0n) is 19.6. The Kier molecular flexibility index (Phi) is 6.91. The summed E-state index contributed by atoms with van der Waals surface area (Å²) in [6.45, 7) is 16.1. The highest BCUT2D eigenvalue weighted by Gasteiger charge is 2.15. The van der Waals surface area contributed by atoms with Crippen LogP contribution in [0.2, 0.25) is 0 Å². The van der Waals surface area contributed by atoms with E-state index in [1.807, 2.05) is 0 Å². The summed E-state index contributed by atoms with van der Waals surface area (Å²) in [5.74, 6) is 0.720. The second-order valence-corrected chi connectivity index (χ2v) is 8.64. The number of anilines is 1. The second-order valence-electron chi connectivity index (χ2n) is 8.64. The summed E-state index contributed by atoms with van der Waals surface area (Å²) in [7, 11) is 0. The Morgan fingerprint density at radius 2 is 1.07 bits per heavy atom. The van der Waals surface area contributed by atoms with Crippen molar-refractivity contribution in [2.75, 3.05) is 11.9 Å². The highest BCUT2D eigenvalue weighted by Crippen LogP contribution is 2.33. The quantitative estimate of drug-likeness (QED) is 0.423. The molecule has 3 aromatic rings. The van der Waals surface area contributed by atoms with Crippen molar-refractivity contribution in [1.82, 2.24) is 9.97 Å². The van der Waals surface area contributed by atoms with E-state index in [0.29, 0.717) is 0 Å². The van der Waals surface area contributed by atoms with Crippen molar-refractivity contribution in [1.29, 1.82) is 0 Å². The molecule has 0 bridgehead atoms. The summed E-state index contributed by atoms with van der Waals surface area (Å²) in [5.41, 5.74) is 12.0. The summed E-state index contributed by atoms with van der Waals surface area (Å²) >= 11 is 0. The number of nitrogens with zero attached hydrogens (tertiary/aromatic N) is 2. The number of aryl methyl sites for hydroxylation is 6. The molecular weight excluding hydrogens is 366 g/mol. The molecule has 0 atom stereocenters. The normalized spacial score (nSPS) is 11.0. The fourth-order valence-corrected chi connectivity index (χ4v) is 4.53. The zero-order chi connectivity index (χ0) is 21.8. The first-order valence-corrected chi connectivity index (χ1v) is 11.1. The SMILES string of the molecule is CCCCCNc1nc(-c2c(C)cc(C)cc2C)cc(-c2c(C)cc(C)cc2C)n1. The van der Waals surface area contributed by atoms with Gasteiger partial charge in [-0.1, -0.05) is 55.2 Å². The van der Waals surface area contributed by atoms with Gasteiger partial charge in [0.2, 0.25) is 5.95 Å². The fraction of sp³-hybridized carbons (Fsp3) is 0.407. The molecule has 1 heterocycles. The van der Waals surface area contributed by atoms with Gasteiger partial charge < -0.3 is 5.32 Å². The molecule has 0 unspecified atom stereocenters. The molecule has 0 saturated carbocycles. The first-order chi connectivity index (χ1) is 14.3. The van der Waals surface area contributed by atoms with E-state index in [0.717, 1.165) is 30.3 Å². The van der Waals surface area contributed by atoms with Gasteiger partial charge in [0.05, 0.1) is 11.4 Å². The number of aromatic nitrogens is 2. The summed E-state index contributed by atoms with van der Waals surface area (Å²) in [6.07, 6.45) is 3.55. The van der Waals surface area contributed by atoms with Crippen molar-refractivity contribution in [2.24, 2.45) is 0 Å². The number of unbranched alkanes of at least 4 members (excludes halogenated alkanes) is 2. The molecule has 0 amide bonds. The van der Waals surface area contributed by atoms with Crippen LogP contribution in [-0.4, -0.2) is 16.5 Å². The molecule has 1 aromatic heterocycles. The maximum absolute atomic E-state index is 4.93. The average molecular weight is 402 g/mol. The van der Waals surface area contributed by atoms with Crippen LogP contribution in [0.4, 0.5) is 5.95 Å². The van der Waals surface area contributed by atoms with E-state index >= 15 is 0 Å². The van der Waals surface area contributed by atoms with Crippen LogP contribution in [0.25, 0.3) is 22.5 Å². The number of rotatable bonds is 7. The van der Waals surface area contributed by atoms with E-state index < -0.39 is 0 Å². The Morgan fingerprint density at radius 3 is 1.47 bits per heavy atom. The standard InChI is InChI=1S/C27H35N3/c1-8-9-10-11-28-27-29-23(25-19(4)12-17(2)13-20(25)5)16-24(30-27)26-21(6)14-18(3)15-22(26)7/h12-16H,8-11H2,1-7H3,(H,28,29,30). The molecule has 0 aliphatic heterocycles. The molecule has 0 aliphatic carbocycles. The van der Waals surface area contributed by atoms with E-state index in [9.17, 15) is 0 Å². The molecule has 3 nitrogen and oxygen atoms in total. The summed E-state index contributed by atoms with van der Waals surface area (Å²) in [5, 5.41) is 3.48. The Morgan fingerprint density at radius 1 is 0.633 bits per heavy atom. The van der Waals surface area contributed by atoms with Crippen molar-refractivity contribution in [3.8, 4) is 22.5 Å². The summed E-state index contributed by atoms with van der Waals surface area (Å²) in [4.78, 5) is 9.87. The first-order valence-electron chi connectivity index (χ1n) is 11.1. The molecule has 1 N–H and O–H groups in total. The molecule has 3 heteroatoms. The molecule has 0 fully saturated rings. The largest absolute Gasteiger partial charge is 0.354 e. The van der Waals surface area contributed by atoms with Gasteiger partial charge in [-0.2, -0.15) is 0 Å². The molecule has 30 heavy (non-hydrogen) atoms. The Hall–Kier alpha value is -2.68. The van der Waals surface area contributed by atoms with Gasteiger partial charge in [-0.25, -0.2) is 9.97 Å². The fourth-order valence-electron chi connectivity index (χ4n) is 4.53. The van der Waals surface area contributed by atoms with Gasteiger partial charge in [0.1, 0.15) is 0 Å². The van der Waals surface area contributed by atoms with Crippen LogP contribution < -0.4 is 5.32 Å². The van der Waals surface area contributed by atoms with Crippen molar-refractivity contribution in [2.45, 2.75) is 67.7 Å². The van der Waals surface area contributed by atoms with Gasteiger partial charge in [0, 0.05) is 17.7 Å². The van der Waals surface area contributed by atoms with Gasteiger partial charge in [-0.15, -0.1) is 0 Å².